The fraction of sp³-hybridized carbons (Fsp3) is 0.323. The highest BCUT2D eigenvalue weighted by atomic mass is 79.9. The normalized spacial score (nSPS) is 15.3. The number of hydrogen-bond acceptors (Lipinski definition) is 5. The van der Waals surface area contributed by atoms with Gasteiger partial charge in [-0.2, -0.15) is 18.3 Å². The van der Waals surface area contributed by atoms with Gasteiger partial charge in [-0.05, 0) is 75.1 Å². The zero-order chi connectivity index (χ0) is 31.5. The fourth-order valence-corrected chi connectivity index (χ4v) is 6.24. The number of aryl methyl sites for hydroxylation is 1. The maximum Gasteiger partial charge on any atom is 0.417 e. The Bertz CT molecular complexity index is 1960. The van der Waals surface area contributed by atoms with Crippen LogP contribution in [0.5, 0.6) is 0 Å². The van der Waals surface area contributed by atoms with Crippen LogP contribution in [0.15, 0.2) is 57.9 Å². The molecule has 0 spiro atoms. The van der Waals surface area contributed by atoms with Gasteiger partial charge in [0.1, 0.15) is 11.5 Å². The molecule has 1 N–H and O–H groups in total. The number of hydrogen-bond donors (Lipinski definition) is 1. The molecule has 0 saturated carbocycles. The van der Waals surface area contributed by atoms with E-state index in [1.54, 1.807) is 22.2 Å². The Kier molecular flexibility index (Phi) is 7.47. The number of H-pyrrole nitrogens is 1. The summed E-state index contributed by atoms with van der Waals surface area (Å²) >= 11 is 2.94. The lowest BCUT2D eigenvalue weighted by Gasteiger charge is -2.35. The Balaban J connectivity index is 1.46. The molecule has 6 rings (SSSR count). The number of nitrogens with one attached hydrogen (secondary N) is 1. The number of halogens is 4. The zero-order valence-electron chi connectivity index (χ0n) is 24.4. The van der Waals surface area contributed by atoms with Gasteiger partial charge in [-0.1, -0.05) is 29.8 Å². The molecule has 44 heavy (non-hydrogen) atoms. The third-order valence-corrected chi connectivity index (χ3v) is 8.54. The molecular formula is C31H29BrF3N7O2. The van der Waals surface area contributed by atoms with E-state index in [0.29, 0.717) is 40.7 Å². The van der Waals surface area contributed by atoms with Crippen LogP contribution in [-0.2, 0) is 25.6 Å². The van der Waals surface area contributed by atoms with E-state index in [-0.39, 0.29) is 34.5 Å². The lowest BCUT2D eigenvalue weighted by Crippen LogP contribution is -2.46. The van der Waals surface area contributed by atoms with Crippen molar-refractivity contribution in [2.24, 2.45) is 5.92 Å². The molecule has 1 amide bonds. The van der Waals surface area contributed by atoms with Crippen molar-refractivity contribution in [2.45, 2.75) is 59.3 Å². The number of nitrogens with zero attached hydrogens (tertiary/aromatic N) is 6. The first kappa shape index (κ1) is 29.8. The summed E-state index contributed by atoms with van der Waals surface area (Å²) in [5.41, 5.74) is 2.76. The minimum Gasteiger partial charge on any atom is -0.330 e. The second kappa shape index (κ2) is 11.0. The summed E-state index contributed by atoms with van der Waals surface area (Å²) in [5.74, 6) is 1.04. The smallest absolute Gasteiger partial charge is 0.330 e. The standard InChI is InChI=1S/C31H29BrF3N7O2/c1-16(2)11-21-14-36-42-26-15-40(29(43)20-7-10-25(32)24(13-20)31(33,34)35)17(3)12-23(26)30(44)41(28(21)42)22-8-5-19(6-9-22)27-37-18(4)38-39-27/h5-10,13-14,16-17H,11-12,15H2,1-4H3,(H,37,38,39)/t17-/m1/s1. The van der Waals surface area contributed by atoms with Crippen LogP contribution < -0.4 is 5.56 Å². The van der Waals surface area contributed by atoms with Crippen molar-refractivity contribution in [1.29, 1.82) is 0 Å². The first-order chi connectivity index (χ1) is 20.8. The molecular weight excluding hydrogens is 639 g/mol. The maximum atomic E-state index is 14.3. The Hall–Kier alpha value is -4.26. The summed E-state index contributed by atoms with van der Waals surface area (Å²) in [6, 6.07) is 10.4. The van der Waals surface area contributed by atoms with Crippen LogP contribution in [-0.4, -0.2) is 46.2 Å². The van der Waals surface area contributed by atoms with Gasteiger partial charge in [-0.15, -0.1) is 10.2 Å². The average molecular weight is 669 g/mol. The minimum absolute atomic E-state index is 0.0198. The predicted molar refractivity (Wildman–Crippen MR) is 162 cm³/mol. The van der Waals surface area contributed by atoms with Crippen molar-refractivity contribution in [3.05, 3.63) is 97.3 Å². The van der Waals surface area contributed by atoms with Crippen LogP contribution in [0.25, 0.3) is 22.7 Å². The van der Waals surface area contributed by atoms with Crippen LogP contribution in [0.2, 0.25) is 0 Å². The lowest BCUT2D eigenvalue weighted by atomic mass is 9.97. The van der Waals surface area contributed by atoms with Crippen molar-refractivity contribution in [3.8, 4) is 17.1 Å². The second-order valence-corrected chi connectivity index (χ2v) is 12.4. The van der Waals surface area contributed by atoms with Gasteiger partial charge in [0.05, 0.1) is 29.7 Å². The second-order valence-electron chi connectivity index (χ2n) is 11.6. The molecule has 9 nitrogen and oxygen atoms in total. The Labute approximate surface area is 258 Å². The van der Waals surface area contributed by atoms with Gasteiger partial charge < -0.3 is 9.88 Å². The SMILES string of the molecule is Cc1nnc(-c2ccc(-n3c(=O)c4c(n5ncc(CC(C)C)c35)CN(C(=O)c3ccc(Br)c(C(F)(F)F)c3)[C@H](C)C4)cc2)[nH]1. The number of carbonyl (C=O) groups excluding carboxylic acids is 1. The lowest BCUT2D eigenvalue weighted by molar-refractivity contribution is -0.138. The van der Waals surface area contributed by atoms with Crippen LogP contribution in [0, 0.1) is 12.8 Å². The van der Waals surface area contributed by atoms with Gasteiger partial charge in [0, 0.05) is 32.8 Å². The predicted octanol–water partition coefficient (Wildman–Crippen LogP) is 6.15. The highest BCUT2D eigenvalue weighted by Crippen LogP contribution is 2.36. The van der Waals surface area contributed by atoms with E-state index >= 15 is 0 Å². The molecule has 1 atom stereocenters. The molecule has 2 aromatic carbocycles. The van der Waals surface area contributed by atoms with E-state index in [2.05, 4.69) is 50.1 Å². The topological polar surface area (TPSA) is 101 Å². The molecule has 0 bridgehead atoms. The number of alkyl halides is 3. The number of rotatable bonds is 5. The molecule has 4 heterocycles. The molecule has 5 aromatic rings. The van der Waals surface area contributed by atoms with Crippen LogP contribution >= 0.6 is 15.9 Å². The average Bonchev–Trinajstić information content (AvgIpc) is 3.59. The van der Waals surface area contributed by atoms with Gasteiger partial charge in [0.15, 0.2) is 5.82 Å². The first-order valence-electron chi connectivity index (χ1n) is 14.1. The van der Waals surface area contributed by atoms with E-state index in [1.165, 1.54) is 17.0 Å². The maximum absolute atomic E-state index is 14.3. The number of aromatic amines is 1. The van der Waals surface area contributed by atoms with E-state index in [4.69, 9.17) is 0 Å². The number of carbonyl (C=O) groups is 1. The molecule has 1 aliphatic rings. The van der Waals surface area contributed by atoms with E-state index in [0.717, 1.165) is 17.2 Å². The molecule has 0 saturated heterocycles. The van der Waals surface area contributed by atoms with Crippen LogP contribution in [0.3, 0.4) is 0 Å². The highest BCUT2D eigenvalue weighted by Gasteiger charge is 2.36. The fourth-order valence-electron chi connectivity index (χ4n) is 5.77. The number of benzene rings is 2. The summed E-state index contributed by atoms with van der Waals surface area (Å²) < 4.78 is 44.0. The van der Waals surface area contributed by atoms with Gasteiger partial charge in [0.2, 0.25) is 0 Å². The van der Waals surface area contributed by atoms with Gasteiger partial charge in [-0.25, -0.2) is 4.52 Å². The minimum atomic E-state index is -4.62. The number of fused-ring (bicyclic) bond motifs is 3. The first-order valence-corrected chi connectivity index (χ1v) is 14.9. The summed E-state index contributed by atoms with van der Waals surface area (Å²) in [6.45, 7) is 7.78. The molecule has 228 valence electrons. The zero-order valence-corrected chi connectivity index (χ0v) is 26.0. The molecule has 3 aromatic heterocycles. The van der Waals surface area contributed by atoms with Gasteiger partial charge in [0.25, 0.3) is 11.5 Å². The number of aromatic nitrogens is 6. The van der Waals surface area contributed by atoms with Crippen molar-refractivity contribution in [2.75, 3.05) is 0 Å². The van der Waals surface area contributed by atoms with Crippen LogP contribution in [0.1, 0.15) is 59.3 Å². The number of amides is 1. The molecule has 1 aliphatic heterocycles. The van der Waals surface area contributed by atoms with Crippen molar-refractivity contribution < 1.29 is 18.0 Å². The van der Waals surface area contributed by atoms with Crippen LogP contribution in [0.4, 0.5) is 13.2 Å². The summed E-state index contributed by atoms with van der Waals surface area (Å²) in [4.78, 5) is 32.5. The summed E-state index contributed by atoms with van der Waals surface area (Å²) in [6.07, 6.45) is -2.01. The molecule has 0 unspecified atom stereocenters. The van der Waals surface area contributed by atoms with Crippen molar-refractivity contribution in [3.63, 3.8) is 0 Å². The summed E-state index contributed by atoms with van der Waals surface area (Å²) in [7, 11) is 0. The molecule has 0 radical (unpaired) electrons. The van der Waals surface area contributed by atoms with Crippen molar-refractivity contribution >= 4 is 27.5 Å². The molecule has 0 aliphatic carbocycles. The monoisotopic (exact) mass is 667 g/mol. The largest absolute Gasteiger partial charge is 0.417 e. The van der Waals surface area contributed by atoms with E-state index < -0.39 is 23.7 Å². The molecule has 0 fully saturated rings. The Morgan fingerprint density at radius 2 is 1.86 bits per heavy atom. The quantitative estimate of drug-likeness (QED) is 0.243. The Morgan fingerprint density at radius 3 is 2.50 bits per heavy atom. The van der Waals surface area contributed by atoms with Crippen molar-refractivity contribution in [1.82, 2.24) is 34.3 Å². The Morgan fingerprint density at radius 1 is 1.14 bits per heavy atom. The third kappa shape index (κ3) is 5.23. The van der Waals surface area contributed by atoms with Gasteiger partial charge in [-0.3, -0.25) is 14.2 Å². The molecule has 13 heteroatoms. The van der Waals surface area contributed by atoms with E-state index in [1.807, 2.05) is 31.2 Å². The summed E-state index contributed by atoms with van der Waals surface area (Å²) in [5, 5.41) is 12.8. The highest BCUT2D eigenvalue weighted by molar-refractivity contribution is 9.10. The van der Waals surface area contributed by atoms with Gasteiger partial charge >= 0.3 is 6.18 Å². The third-order valence-electron chi connectivity index (χ3n) is 7.85. The van der Waals surface area contributed by atoms with E-state index in [9.17, 15) is 22.8 Å².